The Morgan fingerprint density at radius 2 is 1.71 bits per heavy atom. The first-order valence-electron chi connectivity index (χ1n) is 9.67. The van der Waals surface area contributed by atoms with E-state index in [1.165, 1.54) is 18.3 Å². The Hall–Kier alpha value is -4.00. The van der Waals surface area contributed by atoms with Gasteiger partial charge >= 0.3 is 0 Å². The van der Waals surface area contributed by atoms with Gasteiger partial charge in [0.2, 0.25) is 0 Å². The molecule has 0 bridgehead atoms. The zero-order chi connectivity index (χ0) is 21.5. The molecule has 5 rings (SSSR count). The average Bonchev–Trinajstić information content (AvgIpc) is 3.42. The molecule has 0 atom stereocenters. The molecule has 0 fully saturated rings. The Balaban J connectivity index is 1.62. The molecule has 0 aliphatic heterocycles. The normalized spacial score (nSPS) is 11.2. The van der Waals surface area contributed by atoms with E-state index in [4.69, 9.17) is 4.52 Å². The van der Waals surface area contributed by atoms with Crippen molar-refractivity contribution < 1.29 is 13.3 Å². The number of hydrogen-bond acceptors (Lipinski definition) is 4. The Bertz CT molecular complexity index is 1390. The molecule has 0 saturated carbocycles. The van der Waals surface area contributed by atoms with E-state index in [1.807, 2.05) is 49.3 Å². The minimum Gasteiger partial charge on any atom is -0.378 e. The Morgan fingerprint density at radius 3 is 2.48 bits per heavy atom. The van der Waals surface area contributed by atoms with Crippen molar-refractivity contribution in [2.45, 2.75) is 0 Å². The van der Waals surface area contributed by atoms with Gasteiger partial charge in [-0.25, -0.2) is 13.8 Å². The maximum absolute atomic E-state index is 14.4. The number of hydrogen-bond donors (Lipinski definition) is 1. The number of H-pyrrole nitrogens is 1. The van der Waals surface area contributed by atoms with Crippen LogP contribution in [0.5, 0.6) is 0 Å². The summed E-state index contributed by atoms with van der Waals surface area (Å²) in [6.07, 6.45) is 4.92. The van der Waals surface area contributed by atoms with E-state index in [0.29, 0.717) is 22.5 Å². The molecule has 0 aliphatic carbocycles. The van der Waals surface area contributed by atoms with Gasteiger partial charge in [-0.3, -0.25) is 0 Å². The quantitative estimate of drug-likeness (QED) is 0.397. The molecule has 5 nitrogen and oxygen atoms in total. The van der Waals surface area contributed by atoms with Crippen molar-refractivity contribution in [1.82, 2.24) is 15.1 Å². The molecule has 0 spiro atoms. The predicted molar refractivity (Wildman–Crippen MR) is 117 cm³/mol. The number of anilines is 1. The van der Waals surface area contributed by atoms with Crippen molar-refractivity contribution >= 4 is 16.7 Å². The molecular formula is C24H18F2N4O. The topological polar surface area (TPSA) is 58.0 Å². The van der Waals surface area contributed by atoms with Gasteiger partial charge in [-0.2, -0.15) is 0 Å². The summed E-state index contributed by atoms with van der Waals surface area (Å²) in [6, 6.07) is 14.2. The van der Waals surface area contributed by atoms with Crippen molar-refractivity contribution in [3.8, 4) is 33.6 Å². The maximum Gasteiger partial charge on any atom is 0.176 e. The van der Waals surface area contributed by atoms with Crippen LogP contribution in [0.15, 0.2) is 71.6 Å². The first kappa shape index (κ1) is 19.0. The van der Waals surface area contributed by atoms with E-state index in [2.05, 4.69) is 15.1 Å². The second kappa shape index (κ2) is 7.36. The number of halogens is 2. The first-order chi connectivity index (χ1) is 15.0. The molecule has 154 valence electrons. The van der Waals surface area contributed by atoms with Crippen LogP contribution in [0.2, 0.25) is 0 Å². The SMILES string of the molecule is CN(C)c1ccc(-c2cnc3[nH]cc(-c4oncc4-c4cccc(F)c4F)c3c2)cc1. The van der Waals surface area contributed by atoms with Crippen LogP contribution in [0.4, 0.5) is 14.5 Å². The van der Waals surface area contributed by atoms with E-state index in [9.17, 15) is 8.78 Å². The summed E-state index contributed by atoms with van der Waals surface area (Å²) in [6.45, 7) is 0. The zero-order valence-corrected chi connectivity index (χ0v) is 16.9. The number of aromatic amines is 1. The highest BCUT2D eigenvalue weighted by Gasteiger charge is 2.21. The van der Waals surface area contributed by atoms with Crippen molar-refractivity contribution in [2.75, 3.05) is 19.0 Å². The third-order valence-corrected chi connectivity index (χ3v) is 5.30. The molecule has 1 N–H and O–H groups in total. The lowest BCUT2D eigenvalue weighted by atomic mass is 10.0. The van der Waals surface area contributed by atoms with E-state index in [1.54, 1.807) is 12.4 Å². The molecule has 5 aromatic rings. The van der Waals surface area contributed by atoms with Gasteiger partial charge in [-0.1, -0.05) is 29.4 Å². The Morgan fingerprint density at radius 1 is 0.903 bits per heavy atom. The average molecular weight is 416 g/mol. The molecule has 0 saturated heterocycles. The summed E-state index contributed by atoms with van der Waals surface area (Å²) in [5.74, 6) is -1.52. The second-order valence-electron chi connectivity index (χ2n) is 7.43. The fourth-order valence-electron chi connectivity index (χ4n) is 3.64. The summed E-state index contributed by atoms with van der Waals surface area (Å²) in [7, 11) is 3.98. The summed E-state index contributed by atoms with van der Waals surface area (Å²) >= 11 is 0. The number of benzene rings is 2. The lowest BCUT2D eigenvalue weighted by Gasteiger charge is -2.12. The molecule has 31 heavy (non-hydrogen) atoms. The highest BCUT2D eigenvalue weighted by Crippen LogP contribution is 2.38. The lowest BCUT2D eigenvalue weighted by Crippen LogP contribution is -2.07. The van der Waals surface area contributed by atoms with Crippen LogP contribution in [0.3, 0.4) is 0 Å². The number of pyridine rings is 1. The van der Waals surface area contributed by atoms with E-state index in [-0.39, 0.29) is 5.56 Å². The molecule has 0 radical (unpaired) electrons. The Labute approximate surface area is 176 Å². The van der Waals surface area contributed by atoms with Gasteiger partial charge in [0.15, 0.2) is 17.4 Å². The molecular weight excluding hydrogens is 398 g/mol. The van der Waals surface area contributed by atoms with Crippen LogP contribution in [0.1, 0.15) is 0 Å². The van der Waals surface area contributed by atoms with Gasteiger partial charge in [0.05, 0.1) is 11.8 Å². The van der Waals surface area contributed by atoms with Crippen LogP contribution in [-0.2, 0) is 0 Å². The first-order valence-corrected chi connectivity index (χ1v) is 9.67. The third-order valence-electron chi connectivity index (χ3n) is 5.30. The van der Waals surface area contributed by atoms with Gasteiger partial charge in [0.25, 0.3) is 0 Å². The van der Waals surface area contributed by atoms with Crippen LogP contribution in [0, 0.1) is 11.6 Å². The third kappa shape index (κ3) is 3.24. The summed E-state index contributed by atoms with van der Waals surface area (Å²) in [5, 5.41) is 4.63. The standard InChI is InChI=1S/C24H18F2N4O/c1-30(2)16-8-6-14(7-9-16)15-10-18-19(12-28-24(18)27-11-15)23-20(13-29-31-23)17-4-3-5-21(25)22(17)26/h3-13H,1-2H3,(H,27,28). The Kier molecular flexibility index (Phi) is 4.51. The van der Waals surface area contributed by atoms with Gasteiger partial charge < -0.3 is 14.4 Å². The minimum absolute atomic E-state index is 0.0917. The summed E-state index contributed by atoms with van der Waals surface area (Å²) in [4.78, 5) is 9.66. The molecule has 7 heteroatoms. The van der Waals surface area contributed by atoms with Crippen LogP contribution in [0.25, 0.3) is 44.6 Å². The van der Waals surface area contributed by atoms with Crippen molar-refractivity contribution in [3.05, 3.63) is 78.8 Å². The number of fused-ring (bicyclic) bond motifs is 1. The van der Waals surface area contributed by atoms with E-state index < -0.39 is 11.6 Å². The molecule has 0 amide bonds. The highest BCUT2D eigenvalue weighted by molar-refractivity contribution is 5.98. The number of aromatic nitrogens is 3. The van der Waals surface area contributed by atoms with Crippen molar-refractivity contribution in [2.24, 2.45) is 0 Å². The summed E-state index contributed by atoms with van der Waals surface area (Å²) in [5.41, 5.74) is 4.84. The zero-order valence-electron chi connectivity index (χ0n) is 16.9. The van der Waals surface area contributed by atoms with Crippen LogP contribution >= 0.6 is 0 Å². The van der Waals surface area contributed by atoms with Gasteiger partial charge in [0.1, 0.15) is 5.65 Å². The van der Waals surface area contributed by atoms with Crippen molar-refractivity contribution in [3.63, 3.8) is 0 Å². The van der Waals surface area contributed by atoms with Crippen LogP contribution < -0.4 is 4.90 Å². The monoisotopic (exact) mass is 416 g/mol. The fourth-order valence-corrected chi connectivity index (χ4v) is 3.64. The van der Waals surface area contributed by atoms with Gasteiger partial charge in [0, 0.05) is 54.3 Å². The largest absolute Gasteiger partial charge is 0.378 e. The maximum atomic E-state index is 14.4. The van der Waals surface area contributed by atoms with Gasteiger partial charge in [-0.05, 0) is 29.8 Å². The van der Waals surface area contributed by atoms with Gasteiger partial charge in [-0.15, -0.1) is 0 Å². The predicted octanol–water partition coefficient (Wildman–Crippen LogP) is 5.90. The number of nitrogens with one attached hydrogen (secondary N) is 1. The molecule has 3 heterocycles. The summed E-state index contributed by atoms with van der Waals surface area (Å²) < 4.78 is 33.6. The molecule has 2 aromatic carbocycles. The lowest BCUT2D eigenvalue weighted by molar-refractivity contribution is 0.432. The van der Waals surface area contributed by atoms with Crippen molar-refractivity contribution in [1.29, 1.82) is 0 Å². The molecule has 3 aromatic heterocycles. The van der Waals surface area contributed by atoms with Crippen LogP contribution in [-0.4, -0.2) is 29.2 Å². The number of nitrogens with zero attached hydrogens (tertiary/aromatic N) is 3. The minimum atomic E-state index is -0.938. The second-order valence-corrected chi connectivity index (χ2v) is 7.43. The highest BCUT2D eigenvalue weighted by atomic mass is 19.2. The van der Waals surface area contributed by atoms with E-state index >= 15 is 0 Å². The van der Waals surface area contributed by atoms with E-state index in [0.717, 1.165) is 28.3 Å². The number of rotatable bonds is 4. The smallest absolute Gasteiger partial charge is 0.176 e. The fraction of sp³-hybridized carbons (Fsp3) is 0.0833. The molecule has 0 aliphatic rings. The molecule has 0 unspecified atom stereocenters.